The zero-order valence-electron chi connectivity index (χ0n) is 13.2. The molecule has 3 nitrogen and oxygen atoms in total. The molecular weight excluding hydrogens is 272 g/mol. The van der Waals surface area contributed by atoms with E-state index in [2.05, 4.69) is 22.9 Å². The number of aromatic nitrogens is 1. The van der Waals surface area contributed by atoms with E-state index < -0.39 is 6.10 Å². The van der Waals surface area contributed by atoms with E-state index in [1.54, 1.807) is 0 Å². The fraction of sp³-hybridized carbons (Fsp3) is 0.526. The number of hydrogen-bond donors (Lipinski definition) is 1. The zero-order chi connectivity index (χ0) is 15.1. The molecule has 116 valence electrons. The third-order valence-electron chi connectivity index (χ3n) is 5.83. The molecule has 4 heterocycles. The van der Waals surface area contributed by atoms with Gasteiger partial charge in [-0.25, -0.2) is 0 Å². The molecule has 1 N–H and O–H groups in total. The van der Waals surface area contributed by atoms with Crippen molar-refractivity contribution in [1.82, 2.24) is 9.88 Å². The third kappa shape index (κ3) is 2.24. The van der Waals surface area contributed by atoms with Gasteiger partial charge in [-0.05, 0) is 48.9 Å². The quantitative estimate of drug-likeness (QED) is 0.943. The second-order valence-electron chi connectivity index (χ2n) is 6.88. The predicted octanol–water partition coefficient (Wildman–Crippen LogP) is 3.39. The molecule has 3 aliphatic rings. The lowest BCUT2D eigenvalue weighted by molar-refractivity contribution is -0.0562. The van der Waals surface area contributed by atoms with Crippen LogP contribution in [0.3, 0.4) is 0 Å². The Morgan fingerprint density at radius 3 is 2.95 bits per heavy atom. The Hall–Kier alpha value is -1.45. The van der Waals surface area contributed by atoms with Gasteiger partial charge in [0.25, 0.3) is 0 Å². The lowest BCUT2D eigenvalue weighted by atomic mass is 9.72. The Kier molecular flexibility index (Phi) is 3.63. The van der Waals surface area contributed by atoms with E-state index in [0.29, 0.717) is 0 Å². The van der Waals surface area contributed by atoms with Gasteiger partial charge >= 0.3 is 0 Å². The van der Waals surface area contributed by atoms with Gasteiger partial charge in [-0.1, -0.05) is 31.5 Å². The number of benzene rings is 1. The molecule has 2 bridgehead atoms. The van der Waals surface area contributed by atoms with Gasteiger partial charge in [0.1, 0.15) is 0 Å². The molecule has 3 aliphatic heterocycles. The minimum Gasteiger partial charge on any atom is -0.387 e. The summed E-state index contributed by atoms with van der Waals surface area (Å²) in [6, 6.07) is 10.4. The first-order chi connectivity index (χ1) is 10.8. The molecule has 1 aromatic carbocycles. The fourth-order valence-corrected chi connectivity index (χ4v) is 4.55. The summed E-state index contributed by atoms with van der Waals surface area (Å²) in [5.74, 6) is 1.62. The van der Waals surface area contributed by atoms with Gasteiger partial charge in [0.15, 0.2) is 0 Å². The standard InChI is InChI=1S/C19H24N2O/c1-2-13-12-21-10-8-14(13)11-18(21)19(22)16-7-9-20-17-6-4-3-5-15(16)17/h3-7,9,13-14,18-19,22H,2,8,10-12H2,1H3/t13?,14?,18?,19-/m0/s1. The summed E-state index contributed by atoms with van der Waals surface area (Å²) in [4.78, 5) is 6.94. The van der Waals surface area contributed by atoms with Gasteiger partial charge in [-0.2, -0.15) is 0 Å². The minimum absolute atomic E-state index is 0.271. The molecular formula is C19H24N2O. The number of pyridine rings is 1. The van der Waals surface area contributed by atoms with E-state index in [1.807, 2.05) is 30.5 Å². The first-order valence-electron chi connectivity index (χ1n) is 8.53. The van der Waals surface area contributed by atoms with Gasteiger partial charge < -0.3 is 5.11 Å². The summed E-state index contributed by atoms with van der Waals surface area (Å²) >= 11 is 0. The summed E-state index contributed by atoms with van der Waals surface area (Å²) in [5, 5.41) is 12.1. The molecule has 0 radical (unpaired) electrons. The maximum absolute atomic E-state index is 11.1. The average molecular weight is 296 g/mol. The van der Waals surface area contributed by atoms with Gasteiger partial charge in [0, 0.05) is 24.2 Å². The lowest BCUT2D eigenvalue weighted by Gasteiger charge is -2.51. The van der Waals surface area contributed by atoms with Crippen LogP contribution in [0.2, 0.25) is 0 Å². The van der Waals surface area contributed by atoms with Crippen LogP contribution in [0, 0.1) is 11.8 Å². The Bertz CT molecular complexity index is 666. The van der Waals surface area contributed by atoms with E-state index in [9.17, 15) is 5.11 Å². The molecule has 1 aromatic heterocycles. The van der Waals surface area contributed by atoms with Crippen molar-refractivity contribution >= 4 is 10.9 Å². The monoisotopic (exact) mass is 296 g/mol. The van der Waals surface area contributed by atoms with E-state index in [-0.39, 0.29) is 6.04 Å². The van der Waals surface area contributed by atoms with E-state index in [4.69, 9.17) is 0 Å². The van der Waals surface area contributed by atoms with E-state index in [1.165, 1.54) is 12.8 Å². The minimum atomic E-state index is -0.409. The van der Waals surface area contributed by atoms with Crippen LogP contribution in [-0.2, 0) is 0 Å². The molecule has 3 fully saturated rings. The molecule has 0 aliphatic carbocycles. The molecule has 0 saturated carbocycles. The van der Waals surface area contributed by atoms with Crippen LogP contribution in [0.5, 0.6) is 0 Å². The molecule has 0 spiro atoms. The molecule has 5 atom stereocenters. The predicted molar refractivity (Wildman–Crippen MR) is 88.6 cm³/mol. The first-order valence-corrected chi connectivity index (χ1v) is 8.53. The Morgan fingerprint density at radius 2 is 2.18 bits per heavy atom. The number of para-hydroxylation sites is 1. The van der Waals surface area contributed by atoms with Crippen molar-refractivity contribution in [2.75, 3.05) is 13.1 Å². The molecule has 0 amide bonds. The van der Waals surface area contributed by atoms with E-state index >= 15 is 0 Å². The Balaban J connectivity index is 1.66. The first kappa shape index (κ1) is 14.2. The number of piperidine rings is 3. The highest BCUT2D eigenvalue weighted by Gasteiger charge is 2.42. The molecule has 2 aromatic rings. The maximum Gasteiger partial charge on any atom is 0.0952 e. The lowest BCUT2D eigenvalue weighted by Crippen LogP contribution is -2.55. The van der Waals surface area contributed by atoms with Crippen molar-refractivity contribution in [1.29, 1.82) is 0 Å². The van der Waals surface area contributed by atoms with Gasteiger partial charge in [0.05, 0.1) is 11.6 Å². The molecule has 5 rings (SSSR count). The summed E-state index contributed by atoms with van der Waals surface area (Å²) in [5.41, 5.74) is 2.01. The summed E-state index contributed by atoms with van der Waals surface area (Å²) in [6.45, 7) is 4.60. The van der Waals surface area contributed by atoms with Crippen LogP contribution >= 0.6 is 0 Å². The van der Waals surface area contributed by atoms with E-state index in [0.717, 1.165) is 47.8 Å². The summed E-state index contributed by atoms with van der Waals surface area (Å²) in [6.07, 6.45) is 5.12. The van der Waals surface area contributed by atoms with Crippen molar-refractivity contribution in [3.8, 4) is 0 Å². The molecule has 3 saturated heterocycles. The SMILES string of the molecule is CCC1CN2CCC1CC2[C@@H](O)c1ccnc2ccccc12. The molecule has 4 unspecified atom stereocenters. The number of aliphatic hydroxyl groups is 1. The van der Waals surface area contributed by atoms with Crippen molar-refractivity contribution in [2.24, 2.45) is 11.8 Å². The second kappa shape index (κ2) is 5.64. The van der Waals surface area contributed by atoms with Crippen molar-refractivity contribution in [3.63, 3.8) is 0 Å². The maximum atomic E-state index is 11.1. The van der Waals surface area contributed by atoms with Crippen LogP contribution in [0.25, 0.3) is 10.9 Å². The smallest absolute Gasteiger partial charge is 0.0952 e. The fourth-order valence-electron chi connectivity index (χ4n) is 4.55. The van der Waals surface area contributed by atoms with Gasteiger partial charge in [0.2, 0.25) is 0 Å². The molecule has 3 heteroatoms. The topological polar surface area (TPSA) is 36.4 Å². The van der Waals surface area contributed by atoms with Gasteiger partial charge in [-0.3, -0.25) is 9.88 Å². The Morgan fingerprint density at radius 1 is 1.32 bits per heavy atom. The average Bonchev–Trinajstić information content (AvgIpc) is 2.60. The Labute approximate surface area is 132 Å². The number of hydrogen-bond acceptors (Lipinski definition) is 3. The summed E-state index contributed by atoms with van der Waals surface area (Å²) < 4.78 is 0. The highest BCUT2D eigenvalue weighted by atomic mass is 16.3. The second-order valence-corrected chi connectivity index (χ2v) is 6.88. The van der Waals surface area contributed by atoms with Gasteiger partial charge in [-0.15, -0.1) is 0 Å². The number of nitrogens with zero attached hydrogens (tertiary/aromatic N) is 2. The van der Waals surface area contributed by atoms with Crippen LogP contribution in [-0.4, -0.2) is 34.1 Å². The van der Waals surface area contributed by atoms with Crippen LogP contribution in [0.1, 0.15) is 37.9 Å². The highest BCUT2D eigenvalue weighted by molar-refractivity contribution is 5.82. The number of aliphatic hydroxyl groups excluding tert-OH is 1. The zero-order valence-corrected chi connectivity index (χ0v) is 13.2. The van der Waals surface area contributed by atoms with Crippen LogP contribution in [0.15, 0.2) is 36.5 Å². The largest absolute Gasteiger partial charge is 0.387 e. The number of fused-ring (bicyclic) bond motifs is 4. The van der Waals surface area contributed by atoms with Crippen LogP contribution < -0.4 is 0 Å². The van der Waals surface area contributed by atoms with Crippen molar-refractivity contribution < 1.29 is 5.11 Å². The van der Waals surface area contributed by atoms with Crippen molar-refractivity contribution in [3.05, 3.63) is 42.1 Å². The molecule has 22 heavy (non-hydrogen) atoms. The number of rotatable bonds is 3. The normalized spacial score (nSPS) is 32.3. The van der Waals surface area contributed by atoms with Crippen LogP contribution in [0.4, 0.5) is 0 Å². The highest BCUT2D eigenvalue weighted by Crippen LogP contribution is 2.42. The summed E-state index contributed by atoms with van der Waals surface area (Å²) in [7, 11) is 0. The third-order valence-corrected chi connectivity index (χ3v) is 5.83. The van der Waals surface area contributed by atoms with Crippen molar-refractivity contribution in [2.45, 2.75) is 38.3 Å².